The fourth-order valence-electron chi connectivity index (χ4n) is 4.52. The van der Waals surface area contributed by atoms with E-state index in [4.69, 9.17) is 20.4 Å². The fraction of sp³-hybridized carbons (Fsp3) is 0.103. The summed E-state index contributed by atoms with van der Waals surface area (Å²) in [6.07, 6.45) is 8.00. The van der Waals surface area contributed by atoms with Gasteiger partial charge in [0.25, 0.3) is 26.0 Å². The lowest BCUT2D eigenvalue weighted by atomic mass is 10.1. The number of hydrogen-bond donors (Lipinski definition) is 6. The van der Waals surface area contributed by atoms with Crippen LogP contribution in [0.4, 0.5) is 5.69 Å². The number of Topliss-reactive ketones (excluding diaryl/α,β-unsaturated/α-hetero) is 1. The maximum atomic E-state index is 12.8. The number of allylic oxidation sites excluding steroid dienone is 4. The minimum atomic E-state index is -4.93. The molecule has 25 heteroatoms. The Morgan fingerprint density at radius 3 is 2.07 bits per heavy atom. The number of benzene rings is 2. The van der Waals surface area contributed by atoms with Gasteiger partial charge in [-0.1, -0.05) is 34.4 Å². The summed E-state index contributed by atoms with van der Waals surface area (Å²) in [7, 11) is -9.76. The molecule has 0 aliphatic carbocycles. The smallest absolute Gasteiger partial charge is 0.359 e. The molecule has 0 spiro atoms. The summed E-state index contributed by atoms with van der Waals surface area (Å²) in [6.45, 7) is 1.11. The topological polar surface area (TPSA) is 303 Å². The molecule has 0 amide bonds. The first-order chi connectivity index (χ1) is 25.6. The molecule has 54 heavy (non-hydrogen) atoms. The first-order valence-electron chi connectivity index (χ1n) is 14.3. The summed E-state index contributed by atoms with van der Waals surface area (Å²) in [5, 5.41) is 53.3. The van der Waals surface area contributed by atoms with Crippen molar-refractivity contribution >= 4 is 73.5 Å². The standard InChI is InChI=1S/C29H24N4O17S4/c1-2-46-29(37)27-20(28(36)33(31-27)22-15-19(52-50-48-39)9-11-25(22)54(43,44)45)7-5-3-4-6-17-16-32(30-26(17)23(35)12-13-34)21-14-18(51-49-47-38)8-10-24(21)53(40,41)42/h3-11,14-15,34,36,38-39H,2,16H2,1H3,(H,40,41,42)(H,43,44,45)/b4-3?,7-5?,17-6+. The van der Waals surface area contributed by atoms with Crippen LogP contribution in [0.3, 0.4) is 0 Å². The van der Waals surface area contributed by atoms with E-state index in [1.807, 2.05) is 5.92 Å². The van der Waals surface area contributed by atoms with E-state index >= 15 is 0 Å². The van der Waals surface area contributed by atoms with Crippen LogP contribution in [0.15, 0.2) is 91.0 Å². The summed E-state index contributed by atoms with van der Waals surface area (Å²) in [5.74, 6) is -0.868. The Labute approximate surface area is 313 Å². The molecule has 0 saturated heterocycles. The number of aliphatic hydroxyl groups is 1. The van der Waals surface area contributed by atoms with Gasteiger partial charge in [-0.15, -0.1) is 8.67 Å². The predicted molar refractivity (Wildman–Crippen MR) is 184 cm³/mol. The van der Waals surface area contributed by atoms with Crippen LogP contribution >= 0.6 is 24.1 Å². The molecule has 0 radical (unpaired) electrons. The SMILES string of the molecule is CCOC(=O)c1nn(-c2cc(SOOO)ccc2S(=O)(=O)O)c(O)c1C=CC=C/C=C1\CN(c2cc(SOOO)ccc2S(=O)(=O)O)N=C1C(=O)C#CO. The normalized spacial score (nSPS) is 14.1. The van der Waals surface area contributed by atoms with Crippen molar-refractivity contribution in [2.24, 2.45) is 5.10 Å². The molecule has 1 aromatic heterocycles. The molecule has 4 rings (SSSR count). The van der Waals surface area contributed by atoms with Crippen molar-refractivity contribution < 1.29 is 79.7 Å². The molecule has 0 unspecified atom stereocenters. The second-order valence-corrected chi connectivity index (χ2v) is 14.2. The molecule has 0 fully saturated rings. The lowest BCUT2D eigenvalue weighted by Crippen LogP contribution is -2.17. The van der Waals surface area contributed by atoms with Gasteiger partial charge in [-0.05, 0) is 49.4 Å². The molecule has 0 saturated carbocycles. The van der Waals surface area contributed by atoms with Crippen molar-refractivity contribution in [1.82, 2.24) is 9.78 Å². The number of ether oxygens (including phenoxy) is 1. The zero-order valence-corrected chi connectivity index (χ0v) is 30.1. The largest absolute Gasteiger partial charge is 0.493 e. The molecule has 286 valence electrons. The Hall–Kier alpha value is -5.08. The number of hydrogen-bond acceptors (Lipinski definition) is 20. The number of carbonyl (C=O) groups excluding carboxylic acids is 2. The van der Waals surface area contributed by atoms with Crippen LogP contribution in [-0.4, -0.2) is 87.1 Å². The molecule has 6 N–H and O–H groups in total. The first-order valence-corrected chi connectivity index (χ1v) is 18.6. The van der Waals surface area contributed by atoms with Crippen LogP contribution in [0.1, 0.15) is 23.0 Å². The third kappa shape index (κ3) is 10.1. The van der Waals surface area contributed by atoms with Gasteiger partial charge in [-0.25, -0.2) is 15.3 Å². The van der Waals surface area contributed by atoms with Gasteiger partial charge in [0.2, 0.25) is 5.88 Å². The molecular formula is C29H24N4O17S4. The Balaban J connectivity index is 1.73. The molecule has 1 aliphatic heterocycles. The van der Waals surface area contributed by atoms with E-state index in [-0.39, 0.29) is 45.5 Å². The zero-order valence-electron chi connectivity index (χ0n) is 26.9. The van der Waals surface area contributed by atoms with Crippen LogP contribution in [0.5, 0.6) is 5.88 Å². The number of aromatic nitrogens is 2. The Kier molecular flexibility index (Phi) is 14.1. The minimum Gasteiger partial charge on any atom is -0.493 e. The molecule has 2 heterocycles. The first kappa shape index (κ1) is 41.7. The van der Waals surface area contributed by atoms with Gasteiger partial charge in [0.15, 0.2) is 5.69 Å². The quantitative estimate of drug-likeness (QED) is 0.0229. The van der Waals surface area contributed by atoms with Gasteiger partial charge in [0.05, 0.1) is 54.2 Å². The molecule has 1 aliphatic rings. The Bertz CT molecular complexity index is 2340. The number of hydrazone groups is 1. The molecular weight excluding hydrogens is 805 g/mol. The highest BCUT2D eigenvalue weighted by atomic mass is 32.2. The van der Waals surface area contributed by atoms with Crippen LogP contribution in [0.2, 0.25) is 0 Å². The molecule has 21 nitrogen and oxygen atoms in total. The highest BCUT2D eigenvalue weighted by Gasteiger charge is 2.30. The van der Waals surface area contributed by atoms with Crippen molar-refractivity contribution in [3.8, 4) is 23.6 Å². The second kappa shape index (κ2) is 18.3. The summed E-state index contributed by atoms with van der Waals surface area (Å²) in [4.78, 5) is 24.4. The van der Waals surface area contributed by atoms with Gasteiger partial charge in [0.1, 0.15) is 21.6 Å². The van der Waals surface area contributed by atoms with Gasteiger partial charge in [0, 0.05) is 21.3 Å². The van der Waals surface area contributed by atoms with Crippen LogP contribution < -0.4 is 5.01 Å². The van der Waals surface area contributed by atoms with E-state index in [2.05, 4.69) is 28.9 Å². The lowest BCUT2D eigenvalue weighted by Gasteiger charge is -2.17. The fourth-order valence-corrected chi connectivity index (χ4v) is 6.62. The van der Waals surface area contributed by atoms with Crippen LogP contribution in [0, 0.1) is 12.0 Å². The third-order valence-electron chi connectivity index (χ3n) is 6.62. The predicted octanol–water partition coefficient (Wildman–Crippen LogP) is 3.38. The average molecular weight is 829 g/mol. The number of carbonyl (C=O) groups is 2. The van der Waals surface area contributed by atoms with Crippen LogP contribution in [-0.2, 0) is 48.5 Å². The second-order valence-electron chi connectivity index (χ2n) is 9.89. The molecule has 3 aromatic rings. The average Bonchev–Trinajstić information content (AvgIpc) is 3.70. The Morgan fingerprint density at radius 1 is 0.926 bits per heavy atom. The van der Waals surface area contributed by atoms with Crippen molar-refractivity contribution in [2.45, 2.75) is 26.5 Å². The number of rotatable bonds is 16. The third-order valence-corrected chi connectivity index (χ3v) is 9.57. The molecule has 0 bridgehead atoms. The van der Waals surface area contributed by atoms with Gasteiger partial charge < -0.3 is 14.9 Å². The number of esters is 1. The summed E-state index contributed by atoms with van der Waals surface area (Å²) < 4.78 is 82.6. The zero-order chi connectivity index (χ0) is 39.6. The highest BCUT2D eigenvalue weighted by molar-refractivity contribution is 7.94. The number of nitrogens with zero attached hydrogens (tertiary/aromatic N) is 4. The van der Waals surface area contributed by atoms with E-state index in [0.717, 1.165) is 23.2 Å². The summed E-state index contributed by atoms with van der Waals surface area (Å²) >= 11 is 0.886. The monoisotopic (exact) mass is 828 g/mol. The van der Waals surface area contributed by atoms with Crippen molar-refractivity contribution in [2.75, 3.05) is 18.2 Å². The van der Waals surface area contributed by atoms with E-state index in [0.29, 0.717) is 28.8 Å². The van der Waals surface area contributed by atoms with E-state index < -0.39 is 59.0 Å². The molecule has 2 aromatic carbocycles. The summed E-state index contributed by atoms with van der Waals surface area (Å²) in [5.41, 5.74) is -1.62. The van der Waals surface area contributed by atoms with E-state index in [9.17, 15) is 40.6 Å². The maximum absolute atomic E-state index is 12.8. The maximum Gasteiger partial charge on any atom is 0.359 e. The van der Waals surface area contributed by atoms with Crippen LogP contribution in [0.25, 0.3) is 11.8 Å². The summed E-state index contributed by atoms with van der Waals surface area (Å²) in [6, 6.07) is 6.59. The van der Waals surface area contributed by atoms with E-state index in [1.54, 1.807) is 0 Å². The van der Waals surface area contributed by atoms with Crippen molar-refractivity contribution in [3.05, 3.63) is 77.5 Å². The van der Waals surface area contributed by atoms with E-state index in [1.165, 1.54) is 61.6 Å². The number of ketones is 1. The molecule has 0 atom stereocenters. The van der Waals surface area contributed by atoms with Crippen molar-refractivity contribution in [1.29, 1.82) is 0 Å². The number of anilines is 1. The van der Waals surface area contributed by atoms with Gasteiger partial charge in [-0.2, -0.15) is 31.7 Å². The lowest BCUT2D eigenvalue weighted by molar-refractivity contribution is -0.432. The number of aromatic hydroxyl groups is 1. The minimum absolute atomic E-state index is 0.0926. The van der Waals surface area contributed by atoms with Gasteiger partial charge in [-0.3, -0.25) is 18.9 Å². The van der Waals surface area contributed by atoms with Gasteiger partial charge >= 0.3 is 5.97 Å². The van der Waals surface area contributed by atoms with Crippen molar-refractivity contribution in [3.63, 3.8) is 0 Å². The number of aliphatic hydroxyl groups excluding tert-OH is 1. The highest BCUT2D eigenvalue weighted by Crippen LogP contribution is 2.35. The Morgan fingerprint density at radius 2 is 1.52 bits per heavy atom.